The predicted octanol–water partition coefficient (Wildman–Crippen LogP) is 5.90. The van der Waals surface area contributed by atoms with E-state index in [2.05, 4.69) is 43.3 Å². The Morgan fingerprint density at radius 2 is 1.48 bits per heavy atom. The number of rotatable bonds is 11. The Morgan fingerprint density at radius 3 is 2.05 bits per heavy atom. The summed E-state index contributed by atoms with van der Waals surface area (Å²) in [5.74, 6) is 0. The van der Waals surface area contributed by atoms with Crippen LogP contribution in [0.1, 0.15) is 75.8 Å². The first-order valence-electron chi connectivity index (χ1n) is 8.51. The topological polar surface area (TPSA) is 32.6 Å². The number of hydrogen-bond acceptors (Lipinski definition) is 2. The maximum atomic E-state index is 9.13. The highest BCUT2D eigenvalue weighted by molar-refractivity contribution is 5.85. The predicted molar refractivity (Wildman–Crippen MR) is 91.3 cm³/mol. The Morgan fingerprint density at radius 1 is 0.905 bits per heavy atom. The molecule has 0 bridgehead atoms. The van der Waals surface area contributed by atoms with Crippen LogP contribution in [0.25, 0.3) is 0 Å². The van der Waals surface area contributed by atoms with E-state index in [1.54, 1.807) is 0 Å². The molecule has 0 fully saturated rings. The Labute approximate surface area is 130 Å². The highest BCUT2D eigenvalue weighted by atomic mass is 16.4. The van der Waals surface area contributed by atoms with E-state index < -0.39 is 0 Å². The number of aryl methyl sites for hydroxylation is 1. The summed E-state index contributed by atoms with van der Waals surface area (Å²) >= 11 is 0. The van der Waals surface area contributed by atoms with Gasteiger partial charge >= 0.3 is 0 Å². The smallest absolute Gasteiger partial charge is 0.0614 e. The first-order valence-corrected chi connectivity index (χ1v) is 8.51. The van der Waals surface area contributed by atoms with Gasteiger partial charge in [0.25, 0.3) is 0 Å². The molecule has 0 saturated carbocycles. The molecule has 0 aliphatic carbocycles. The van der Waals surface area contributed by atoms with Gasteiger partial charge in [0.2, 0.25) is 0 Å². The minimum atomic E-state index is 0.771. The van der Waals surface area contributed by atoms with Gasteiger partial charge in [-0.2, -0.15) is 0 Å². The molecule has 0 spiro atoms. The molecule has 0 unspecified atom stereocenters. The molecule has 0 aromatic heterocycles. The van der Waals surface area contributed by atoms with Crippen molar-refractivity contribution in [1.82, 2.24) is 0 Å². The standard InChI is InChI=1S/C19H31NO/c1-3-4-5-6-7-8-9-10-11-19(20-21)16-18-14-12-17(2)13-15-18/h12-15,21H,3-11,16H2,1-2H3. The zero-order valence-corrected chi connectivity index (χ0v) is 13.8. The molecule has 118 valence electrons. The van der Waals surface area contributed by atoms with Crippen LogP contribution in [0, 0.1) is 6.92 Å². The Balaban J connectivity index is 2.13. The average Bonchev–Trinajstić information content (AvgIpc) is 2.50. The largest absolute Gasteiger partial charge is 0.411 e. The van der Waals surface area contributed by atoms with Gasteiger partial charge in [-0.1, -0.05) is 86.9 Å². The van der Waals surface area contributed by atoms with Gasteiger partial charge in [-0.3, -0.25) is 0 Å². The summed E-state index contributed by atoms with van der Waals surface area (Å²) in [5, 5.41) is 12.6. The molecule has 0 amide bonds. The summed E-state index contributed by atoms with van der Waals surface area (Å²) < 4.78 is 0. The lowest BCUT2D eigenvalue weighted by Gasteiger charge is -2.06. The lowest BCUT2D eigenvalue weighted by atomic mass is 10.0. The second kappa shape index (κ2) is 11.4. The van der Waals surface area contributed by atoms with Crippen LogP contribution >= 0.6 is 0 Å². The van der Waals surface area contributed by atoms with Crippen molar-refractivity contribution in [2.45, 2.75) is 78.1 Å². The summed E-state index contributed by atoms with van der Waals surface area (Å²) in [4.78, 5) is 0. The monoisotopic (exact) mass is 289 g/mol. The van der Waals surface area contributed by atoms with Gasteiger partial charge in [0.1, 0.15) is 0 Å². The van der Waals surface area contributed by atoms with Gasteiger partial charge in [-0.15, -0.1) is 0 Å². The molecule has 1 aromatic rings. The van der Waals surface area contributed by atoms with Crippen molar-refractivity contribution in [3.63, 3.8) is 0 Å². The zero-order chi connectivity index (χ0) is 15.3. The molecule has 1 aromatic carbocycles. The third-order valence-electron chi connectivity index (χ3n) is 3.99. The van der Waals surface area contributed by atoms with E-state index in [9.17, 15) is 0 Å². The van der Waals surface area contributed by atoms with Crippen LogP contribution in [0.4, 0.5) is 0 Å². The normalized spacial score (nSPS) is 11.8. The van der Waals surface area contributed by atoms with E-state index in [4.69, 9.17) is 5.21 Å². The molecule has 1 N–H and O–H groups in total. The summed E-state index contributed by atoms with van der Waals surface area (Å²) in [7, 11) is 0. The molecular formula is C19H31NO. The Kier molecular flexibility index (Phi) is 9.60. The number of hydrogen-bond donors (Lipinski definition) is 1. The average molecular weight is 289 g/mol. The van der Waals surface area contributed by atoms with E-state index in [0.717, 1.165) is 25.0 Å². The van der Waals surface area contributed by atoms with Crippen molar-refractivity contribution in [2.24, 2.45) is 5.16 Å². The number of benzene rings is 1. The van der Waals surface area contributed by atoms with Crippen LogP contribution in [0.5, 0.6) is 0 Å². The van der Waals surface area contributed by atoms with E-state index in [1.165, 1.54) is 56.1 Å². The summed E-state index contributed by atoms with van der Waals surface area (Å²) in [6.45, 7) is 4.34. The minimum Gasteiger partial charge on any atom is -0.411 e. The molecule has 21 heavy (non-hydrogen) atoms. The molecule has 0 heterocycles. The van der Waals surface area contributed by atoms with E-state index in [0.29, 0.717) is 0 Å². The van der Waals surface area contributed by atoms with Crippen molar-refractivity contribution >= 4 is 5.71 Å². The molecule has 0 aliphatic rings. The van der Waals surface area contributed by atoms with Gasteiger partial charge in [0.05, 0.1) is 5.71 Å². The summed E-state index contributed by atoms with van der Waals surface area (Å²) in [6.07, 6.45) is 12.2. The molecule has 1 rings (SSSR count). The molecule has 0 saturated heterocycles. The maximum absolute atomic E-state index is 9.13. The first-order chi connectivity index (χ1) is 10.3. The van der Waals surface area contributed by atoms with Gasteiger partial charge < -0.3 is 5.21 Å². The van der Waals surface area contributed by atoms with Crippen LogP contribution in [0.2, 0.25) is 0 Å². The zero-order valence-electron chi connectivity index (χ0n) is 13.8. The van der Waals surface area contributed by atoms with Gasteiger partial charge in [0, 0.05) is 6.42 Å². The number of oxime groups is 1. The third kappa shape index (κ3) is 8.54. The first kappa shape index (κ1) is 17.7. The molecule has 0 atom stereocenters. The molecule has 2 heteroatoms. The molecule has 0 radical (unpaired) electrons. The summed E-state index contributed by atoms with van der Waals surface area (Å²) in [6, 6.07) is 8.46. The van der Waals surface area contributed by atoms with Gasteiger partial charge in [-0.05, 0) is 25.3 Å². The van der Waals surface area contributed by atoms with Crippen molar-refractivity contribution in [1.29, 1.82) is 0 Å². The fourth-order valence-corrected chi connectivity index (χ4v) is 2.58. The SMILES string of the molecule is CCCCCCCCCCC(Cc1ccc(C)cc1)=NO. The van der Waals surface area contributed by atoms with Crippen LogP contribution in [0.15, 0.2) is 29.4 Å². The van der Waals surface area contributed by atoms with Crippen LogP contribution < -0.4 is 0 Å². The molecule has 0 aliphatic heterocycles. The lowest BCUT2D eigenvalue weighted by molar-refractivity contribution is 0.316. The minimum absolute atomic E-state index is 0.771. The Hall–Kier alpha value is -1.31. The summed E-state index contributed by atoms with van der Waals surface area (Å²) in [5.41, 5.74) is 3.40. The van der Waals surface area contributed by atoms with E-state index in [1.807, 2.05) is 0 Å². The fraction of sp³-hybridized carbons (Fsp3) is 0.632. The quantitative estimate of drug-likeness (QED) is 0.234. The van der Waals surface area contributed by atoms with Gasteiger partial charge in [-0.25, -0.2) is 0 Å². The van der Waals surface area contributed by atoms with Gasteiger partial charge in [0.15, 0.2) is 0 Å². The van der Waals surface area contributed by atoms with E-state index in [-0.39, 0.29) is 0 Å². The maximum Gasteiger partial charge on any atom is 0.0614 e. The molecule has 2 nitrogen and oxygen atoms in total. The number of unbranched alkanes of at least 4 members (excludes halogenated alkanes) is 7. The molecular weight excluding hydrogens is 258 g/mol. The number of nitrogens with zero attached hydrogens (tertiary/aromatic N) is 1. The van der Waals surface area contributed by atoms with Crippen LogP contribution in [0.3, 0.4) is 0 Å². The third-order valence-corrected chi connectivity index (χ3v) is 3.99. The highest BCUT2D eigenvalue weighted by Crippen LogP contribution is 2.12. The van der Waals surface area contributed by atoms with Crippen molar-refractivity contribution in [3.8, 4) is 0 Å². The van der Waals surface area contributed by atoms with Crippen molar-refractivity contribution in [3.05, 3.63) is 35.4 Å². The second-order valence-corrected chi connectivity index (χ2v) is 6.05. The highest BCUT2D eigenvalue weighted by Gasteiger charge is 2.03. The second-order valence-electron chi connectivity index (χ2n) is 6.05. The van der Waals surface area contributed by atoms with Crippen LogP contribution in [-0.4, -0.2) is 10.9 Å². The fourth-order valence-electron chi connectivity index (χ4n) is 2.58. The van der Waals surface area contributed by atoms with Crippen LogP contribution in [-0.2, 0) is 6.42 Å². The lowest BCUT2D eigenvalue weighted by Crippen LogP contribution is -2.03. The Bertz CT molecular complexity index is 395. The van der Waals surface area contributed by atoms with Crippen molar-refractivity contribution in [2.75, 3.05) is 0 Å². The van der Waals surface area contributed by atoms with Crippen molar-refractivity contribution < 1.29 is 5.21 Å². The van der Waals surface area contributed by atoms with E-state index >= 15 is 0 Å².